The van der Waals surface area contributed by atoms with Gasteiger partial charge in [-0.25, -0.2) is 0 Å². The predicted octanol–water partition coefficient (Wildman–Crippen LogP) is 1.73. The summed E-state index contributed by atoms with van der Waals surface area (Å²) >= 11 is 0. The van der Waals surface area contributed by atoms with Crippen LogP contribution in [0.2, 0.25) is 0 Å². The van der Waals surface area contributed by atoms with Gasteiger partial charge in [-0.2, -0.15) is 0 Å². The average Bonchev–Trinajstić information content (AvgIpc) is 2.62. The molecule has 0 unspecified atom stereocenters. The third-order valence-corrected chi connectivity index (χ3v) is 3.97. The van der Waals surface area contributed by atoms with Crippen molar-refractivity contribution in [1.29, 1.82) is 0 Å². The number of nitrogens with one attached hydrogen (secondary N) is 2. The lowest BCUT2D eigenvalue weighted by molar-refractivity contribution is -0.136. The molecule has 134 valence electrons. The fourth-order valence-corrected chi connectivity index (χ4v) is 2.59. The Balaban J connectivity index is 1.84. The van der Waals surface area contributed by atoms with Gasteiger partial charge in [0.1, 0.15) is 5.69 Å². The van der Waals surface area contributed by atoms with Crippen LogP contribution in [0.1, 0.15) is 42.6 Å². The standard InChI is InChI=1S/C18H24N4O3/c1-22(2)18(25)15-12-14(9-11-19-15)21-17(24)16(23)20-10-8-13-6-4-3-5-7-13/h6,9,11-12H,3-5,7-8,10H2,1-2H3,(H,20,23)(H,19,21,24). The first-order valence-electron chi connectivity index (χ1n) is 8.42. The van der Waals surface area contributed by atoms with E-state index in [0.717, 1.165) is 19.3 Å². The first-order valence-corrected chi connectivity index (χ1v) is 8.42. The van der Waals surface area contributed by atoms with Crippen LogP contribution in [0.25, 0.3) is 0 Å². The van der Waals surface area contributed by atoms with Crippen molar-refractivity contribution >= 4 is 23.4 Å². The minimum Gasteiger partial charge on any atom is -0.348 e. The summed E-state index contributed by atoms with van der Waals surface area (Å²) in [6, 6.07) is 2.98. The zero-order chi connectivity index (χ0) is 18.2. The Morgan fingerprint density at radius 3 is 2.68 bits per heavy atom. The van der Waals surface area contributed by atoms with E-state index >= 15 is 0 Å². The maximum atomic E-state index is 12.0. The highest BCUT2D eigenvalue weighted by Crippen LogP contribution is 2.19. The van der Waals surface area contributed by atoms with E-state index in [9.17, 15) is 14.4 Å². The first kappa shape index (κ1) is 18.6. The summed E-state index contributed by atoms with van der Waals surface area (Å²) in [5.74, 6) is -1.72. The van der Waals surface area contributed by atoms with Crippen molar-refractivity contribution in [2.75, 3.05) is 26.0 Å². The number of carbonyl (C=O) groups is 3. The molecule has 25 heavy (non-hydrogen) atoms. The van der Waals surface area contributed by atoms with Crippen molar-refractivity contribution < 1.29 is 14.4 Å². The minimum atomic E-state index is -0.757. The summed E-state index contributed by atoms with van der Waals surface area (Å²) in [7, 11) is 3.23. The number of amides is 3. The molecule has 7 heteroatoms. The summed E-state index contributed by atoms with van der Waals surface area (Å²) in [6.07, 6.45) is 8.99. The molecule has 0 bridgehead atoms. The molecular weight excluding hydrogens is 320 g/mol. The highest BCUT2D eigenvalue weighted by atomic mass is 16.2. The number of hydrogen-bond acceptors (Lipinski definition) is 4. The molecule has 0 atom stereocenters. The number of allylic oxidation sites excluding steroid dienone is 1. The molecule has 0 aliphatic heterocycles. The third-order valence-electron chi connectivity index (χ3n) is 3.97. The second-order valence-electron chi connectivity index (χ2n) is 6.20. The average molecular weight is 344 g/mol. The summed E-state index contributed by atoms with van der Waals surface area (Å²) < 4.78 is 0. The second kappa shape index (κ2) is 8.96. The van der Waals surface area contributed by atoms with Crippen LogP contribution in [0.4, 0.5) is 5.69 Å². The highest BCUT2D eigenvalue weighted by Gasteiger charge is 2.15. The molecule has 1 aromatic rings. The van der Waals surface area contributed by atoms with Crippen molar-refractivity contribution in [1.82, 2.24) is 15.2 Å². The summed E-state index contributed by atoms with van der Waals surface area (Å²) in [6.45, 7) is 0.443. The van der Waals surface area contributed by atoms with Crippen molar-refractivity contribution in [3.05, 3.63) is 35.7 Å². The van der Waals surface area contributed by atoms with Crippen molar-refractivity contribution in [3.8, 4) is 0 Å². The normalized spacial score (nSPS) is 13.6. The van der Waals surface area contributed by atoms with E-state index in [4.69, 9.17) is 0 Å². The van der Waals surface area contributed by atoms with E-state index in [1.165, 1.54) is 41.6 Å². The van der Waals surface area contributed by atoms with E-state index in [0.29, 0.717) is 12.2 Å². The smallest absolute Gasteiger partial charge is 0.313 e. The Bertz CT molecular complexity index is 683. The van der Waals surface area contributed by atoms with Gasteiger partial charge in [-0.05, 0) is 44.2 Å². The molecule has 0 aromatic carbocycles. The van der Waals surface area contributed by atoms with Gasteiger partial charge >= 0.3 is 11.8 Å². The van der Waals surface area contributed by atoms with E-state index in [2.05, 4.69) is 21.7 Å². The van der Waals surface area contributed by atoms with Crippen molar-refractivity contribution in [2.45, 2.75) is 32.1 Å². The fourth-order valence-electron chi connectivity index (χ4n) is 2.59. The second-order valence-corrected chi connectivity index (χ2v) is 6.20. The SMILES string of the molecule is CN(C)C(=O)c1cc(NC(=O)C(=O)NCCC2=CCCCC2)ccn1. The molecule has 7 nitrogen and oxygen atoms in total. The van der Waals surface area contributed by atoms with Gasteiger partial charge in [-0.3, -0.25) is 19.4 Å². The molecular formula is C18H24N4O3. The number of rotatable bonds is 5. The van der Waals surface area contributed by atoms with Gasteiger partial charge in [0.05, 0.1) is 0 Å². The predicted molar refractivity (Wildman–Crippen MR) is 95.1 cm³/mol. The molecule has 0 fully saturated rings. The van der Waals surface area contributed by atoms with Gasteiger partial charge in [0.25, 0.3) is 5.91 Å². The van der Waals surface area contributed by atoms with Crippen LogP contribution >= 0.6 is 0 Å². The molecule has 2 rings (SSSR count). The van der Waals surface area contributed by atoms with Gasteiger partial charge in [-0.15, -0.1) is 0 Å². The van der Waals surface area contributed by atoms with Gasteiger partial charge in [0, 0.05) is 32.5 Å². The molecule has 0 saturated carbocycles. The molecule has 0 spiro atoms. The van der Waals surface area contributed by atoms with Crippen molar-refractivity contribution in [2.24, 2.45) is 0 Å². The number of nitrogens with zero attached hydrogens (tertiary/aromatic N) is 2. The van der Waals surface area contributed by atoms with Gasteiger partial charge in [0.15, 0.2) is 0 Å². The van der Waals surface area contributed by atoms with Crippen LogP contribution in [0.5, 0.6) is 0 Å². The number of hydrogen-bond donors (Lipinski definition) is 2. The number of pyridine rings is 1. The van der Waals surface area contributed by atoms with Crippen LogP contribution in [-0.2, 0) is 9.59 Å². The monoisotopic (exact) mass is 344 g/mol. The number of anilines is 1. The molecule has 0 radical (unpaired) electrons. The molecule has 1 aliphatic rings. The molecule has 1 heterocycles. The van der Waals surface area contributed by atoms with Gasteiger partial charge in [0.2, 0.25) is 0 Å². The van der Waals surface area contributed by atoms with Crippen LogP contribution in [0.15, 0.2) is 30.0 Å². The van der Waals surface area contributed by atoms with Crippen LogP contribution < -0.4 is 10.6 Å². The summed E-state index contributed by atoms with van der Waals surface area (Å²) in [5.41, 5.74) is 1.90. The lowest BCUT2D eigenvalue weighted by Gasteiger charge is -2.13. The Hall–Kier alpha value is -2.70. The van der Waals surface area contributed by atoms with E-state index < -0.39 is 11.8 Å². The quantitative estimate of drug-likeness (QED) is 0.628. The largest absolute Gasteiger partial charge is 0.348 e. The maximum Gasteiger partial charge on any atom is 0.313 e. The lowest BCUT2D eigenvalue weighted by atomic mass is 9.97. The Morgan fingerprint density at radius 2 is 2.00 bits per heavy atom. The topological polar surface area (TPSA) is 91.4 Å². The zero-order valence-electron chi connectivity index (χ0n) is 14.7. The molecule has 1 aliphatic carbocycles. The number of aromatic nitrogens is 1. The van der Waals surface area contributed by atoms with Crippen LogP contribution in [-0.4, -0.2) is 48.2 Å². The summed E-state index contributed by atoms with van der Waals surface area (Å²) in [4.78, 5) is 41.1. The summed E-state index contributed by atoms with van der Waals surface area (Å²) in [5, 5.41) is 5.11. The third kappa shape index (κ3) is 5.70. The van der Waals surface area contributed by atoms with Crippen molar-refractivity contribution in [3.63, 3.8) is 0 Å². The highest BCUT2D eigenvalue weighted by molar-refractivity contribution is 6.39. The Kier molecular flexibility index (Phi) is 6.68. The molecule has 0 saturated heterocycles. The van der Waals surface area contributed by atoms with E-state index in [1.807, 2.05) is 0 Å². The molecule has 2 N–H and O–H groups in total. The van der Waals surface area contributed by atoms with E-state index in [-0.39, 0.29) is 11.6 Å². The Morgan fingerprint density at radius 1 is 1.20 bits per heavy atom. The maximum absolute atomic E-state index is 12.0. The molecule has 1 aromatic heterocycles. The van der Waals surface area contributed by atoms with Gasteiger partial charge in [-0.1, -0.05) is 11.6 Å². The van der Waals surface area contributed by atoms with Crippen LogP contribution in [0.3, 0.4) is 0 Å². The lowest BCUT2D eigenvalue weighted by Crippen LogP contribution is -2.36. The first-order chi connectivity index (χ1) is 12.0. The Labute approximate surface area is 147 Å². The van der Waals surface area contributed by atoms with E-state index in [1.54, 1.807) is 14.1 Å². The molecule has 3 amide bonds. The number of carbonyl (C=O) groups excluding carboxylic acids is 3. The van der Waals surface area contributed by atoms with Gasteiger partial charge < -0.3 is 15.5 Å². The zero-order valence-corrected chi connectivity index (χ0v) is 14.7. The fraction of sp³-hybridized carbons (Fsp3) is 0.444. The van der Waals surface area contributed by atoms with Crippen LogP contribution in [0, 0.1) is 0 Å². The minimum absolute atomic E-state index is 0.201.